The van der Waals surface area contributed by atoms with Crippen LogP contribution in [0.15, 0.2) is 24.3 Å². The molecular formula is C16H23NO. The van der Waals surface area contributed by atoms with Crippen LogP contribution in [-0.4, -0.2) is 18.2 Å². The number of fused-ring (bicyclic) bond motifs is 1. The summed E-state index contributed by atoms with van der Waals surface area (Å²) in [6.07, 6.45) is 5.82. The van der Waals surface area contributed by atoms with E-state index < -0.39 is 0 Å². The van der Waals surface area contributed by atoms with Crippen molar-refractivity contribution >= 4 is 0 Å². The first-order chi connectivity index (χ1) is 8.69. The maximum absolute atomic E-state index is 6.43. The molecule has 0 amide bonds. The third-order valence-corrected chi connectivity index (χ3v) is 4.78. The van der Waals surface area contributed by atoms with Gasteiger partial charge in [0, 0.05) is 12.6 Å². The topological polar surface area (TPSA) is 35.2 Å². The van der Waals surface area contributed by atoms with Crippen molar-refractivity contribution in [3.05, 3.63) is 35.4 Å². The van der Waals surface area contributed by atoms with Crippen LogP contribution in [0.4, 0.5) is 0 Å². The van der Waals surface area contributed by atoms with Crippen LogP contribution >= 0.6 is 0 Å². The highest BCUT2D eigenvalue weighted by Crippen LogP contribution is 2.40. The summed E-state index contributed by atoms with van der Waals surface area (Å²) in [6.45, 7) is 3.08. The molecule has 18 heavy (non-hydrogen) atoms. The van der Waals surface area contributed by atoms with Gasteiger partial charge < -0.3 is 10.5 Å². The highest BCUT2D eigenvalue weighted by atomic mass is 16.5. The van der Waals surface area contributed by atoms with E-state index in [0.29, 0.717) is 5.92 Å². The van der Waals surface area contributed by atoms with Crippen molar-refractivity contribution in [2.75, 3.05) is 6.61 Å². The Kier molecular flexibility index (Phi) is 3.16. The Labute approximate surface area is 110 Å². The van der Waals surface area contributed by atoms with Crippen molar-refractivity contribution in [2.45, 2.75) is 56.6 Å². The molecule has 1 aliphatic heterocycles. The van der Waals surface area contributed by atoms with Crippen molar-refractivity contribution in [3.8, 4) is 0 Å². The molecule has 1 heterocycles. The Balaban J connectivity index is 1.64. The quantitative estimate of drug-likeness (QED) is 0.888. The first kappa shape index (κ1) is 12.2. The van der Waals surface area contributed by atoms with Crippen LogP contribution in [0.1, 0.15) is 49.7 Å². The molecule has 1 saturated heterocycles. The highest BCUT2D eigenvalue weighted by Gasteiger charge is 2.38. The molecule has 2 heteroatoms. The zero-order valence-electron chi connectivity index (χ0n) is 11.2. The van der Waals surface area contributed by atoms with Gasteiger partial charge in [0.2, 0.25) is 0 Å². The van der Waals surface area contributed by atoms with Gasteiger partial charge in [0.25, 0.3) is 0 Å². The molecule has 1 aliphatic carbocycles. The molecule has 0 saturated carbocycles. The molecule has 2 aliphatic rings. The standard InChI is InChI=1S/C16H23NO/c1-16(8-4-5-9-18-16)15(17)11-13-10-12-6-2-3-7-14(12)13/h2-3,6-7,13,15H,4-5,8-11,17H2,1H3. The summed E-state index contributed by atoms with van der Waals surface area (Å²) < 4.78 is 5.96. The van der Waals surface area contributed by atoms with Gasteiger partial charge in [-0.3, -0.25) is 0 Å². The van der Waals surface area contributed by atoms with E-state index in [4.69, 9.17) is 10.5 Å². The molecule has 0 aromatic heterocycles. The van der Waals surface area contributed by atoms with Crippen LogP contribution in [0.3, 0.4) is 0 Å². The molecule has 3 unspecified atom stereocenters. The van der Waals surface area contributed by atoms with Crippen molar-refractivity contribution in [2.24, 2.45) is 5.73 Å². The predicted molar refractivity (Wildman–Crippen MR) is 73.7 cm³/mol. The molecule has 98 valence electrons. The van der Waals surface area contributed by atoms with Gasteiger partial charge in [0.05, 0.1) is 5.60 Å². The van der Waals surface area contributed by atoms with Crippen LogP contribution < -0.4 is 5.73 Å². The average Bonchev–Trinajstić information content (AvgIpc) is 2.36. The molecule has 3 rings (SSSR count). The lowest BCUT2D eigenvalue weighted by atomic mass is 9.72. The van der Waals surface area contributed by atoms with E-state index in [-0.39, 0.29) is 11.6 Å². The van der Waals surface area contributed by atoms with Gasteiger partial charge in [-0.25, -0.2) is 0 Å². The minimum atomic E-state index is -0.0945. The van der Waals surface area contributed by atoms with Gasteiger partial charge in [-0.2, -0.15) is 0 Å². The summed E-state index contributed by atoms with van der Waals surface area (Å²) in [7, 11) is 0. The van der Waals surface area contributed by atoms with Crippen LogP contribution in [0.5, 0.6) is 0 Å². The largest absolute Gasteiger partial charge is 0.374 e. The van der Waals surface area contributed by atoms with Crippen molar-refractivity contribution < 1.29 is 4.74 Å². The van der Waals surface area contributed by atoms with Gasteiger partial charge in [-0.15, -0.1) is 0 Å². The predicted octanol–water partition coefficient (Wildman–Crippen LogP) is 3.00. The minimum Gasteiger partial charge on any atom is -0.374 e. The average molecular weight is 245 g/mol. The molecule has 0 radical (unpaired) electrons. The van der Waals surface area contributed by atoms with E-state index in [2.05, 4.69) is 31.2 Å². The summed E-state index contributed by atoms with van der Waals surface area (Å²) >= 11 is 0. The van der Waals surface area contributed by atoms with Crippen LogP contribution in [-0.2, 0) is 11.2 Å². The number of nitrogens with two attached hydrogens (primary N) is 1. The fourth-order valence-electron chi connectivity index (χ4n) is 3.38. The molecule has 0 bridgehead atoms. The lowest BCUT2D eigenvalue weighted by molar-refractivity contribution is -0.0837. The van der Waals surface area contributed by atoms with Gasteiger partial charge >= 0.3 is 0 Å². The summed E-state index contributed by atoms with van der Waals surface area (Å²) in [5.74, 6) is 0.651. The van der Waals surface area contributed by atoms with E-state index in [9.17, 15) is 0 Å². The first-order valence-electron chi connectivity index (χ1n) is 7.16. The van der Waals surface area contributed by atoms with E-state index in [0.717, 1.165) is 19.4 Å². The summed E-state index contributed by atoms with van der Waals surface area (Å²) in [5, 5.41) is 0. The molecule has 1 fully saturated rings. The zero-order valence-corrected chi connectivity index (χ0v) is 11.2. The normalized spacial score (nSPS) is 32.4. The fourth-order valence-corrected chi connectivity index (χ4v) is 3.38. The second-order valence-corrected chi connectivity index (χ2v) is 6.06. The maximum Gasteiger partial charge on any atom is 0.0804 e. The van der Waals surface area contributed by atoms with Crippen LogP contribution in [0, 0.1) is 0 Å². The van der Waals surface area contributed by atoms with E-state index in [1.54, 1.807) is 0 Å². The Morgan fingerprint density at radius 2 is 2.22 bits per heavy atom. The number of benzene rings is 1. The summed E-state index contributed by atoms with van der Waals surface area (Å²) in [4.78, 5) is 0. The third-order valence-electron chi connectivity index (χ3n) is 4.78. The SMILES string of the molecule is CC1(C(N)CC2Cc3ccccc32)CCCCO1. The number of rotatable bonds is 3. The molecule has 1 aromatic rings. The molecule has 2 nitrogen and oxygen atoms in total. The van der Waals surface area contributed by atoms with Crippen LogP contribution in [0.2, 0.25) is 0 Å². The molecular weight excluding hydrogens is 222 g/mol. The second kappa shape index (κ2) is 4.67. The molecule has 0 spiro atoms. The van der Waals surface area contributed by atoms with Crippen molar-refractivity contribution in [1.82, 2.24) is 0 Å². The van der Waals surface area contributed by atoms with Gasteiger partial charge in [0.15, 0.2) is 0 Å². The lowest BCUT2D eigenvalue weighted by Gasteiger charge is -2.42. The molecule has 3 atom stereocenters. The van der Waals surface area contributed by atoms with E-state index in [1.165, 1.54) is 30.4 Å². The zero-order chi connectivity index (χ0) is 12.6. The van der Waals surface area contributed by atoms with Gasteiger partial charge in [-0.1, -0.05) is 24.3 Å². The maximum atomic E-state index is 6.43. The lowest BCUT2D eigenvalue weighted by Crippen LogP contribution is -2.50. The number of hydrogen-bond donors (Lipinski definition) is 1. The second-order valence-electron chi connectivity index (χ2n) is 6.06. The molecule has 2 N–H and O–H groups in total. The Bertz CT molecular complexity index is 423. The Morgan fingerprint density at radius 1 is 1.39 bits per heavy atom. The van der Waals surface area contributed by atoms with Gasteiger partial charge in [-0.05, 0) is 56.1 Å². The highest BCUT2D eigenvalue weighted by molar-refractivity contribution is 5.40. The number of ether oxygens (including phenoxy) is 1. The number of hydrogen-bond acceptors (Lipinski definition) is 2. The monoisotopic (exact) mass is 245 g/mol. The Morgan fingerprint density at radius 3 is 2.94 bits per heavy atom. The summed E-state index contributed by atoms with van der Waals surface area (Å²) in [5.41, 5.74) is 9.34. The van der Waals surface area contributed by atoms with Crippen LogP contribution in [0.25, 0.3) is 0 Å². The fraction of sp³-hybridized carbons (Fsp3) is 0.625. The minimum absolute atomic E-state index is 0.0945. The van der Waals surface area contributed by atoms with E-state index >= 15 is 0 Å². The van der Waals surface area contributed by atoms with Crippen molar-refractivity contribution in [1.29, 1.82) is 0 Å². The van der Waals surface area contributed by atoms with E-state index in [1.807, 2.05) is 0 Å². The Hall–Kier alpha value is -0.860. The third kappa shape index (κ3) is 2.08. The smallest absolute Gasteiger partial charge is 0.0804 e. The van der Waals surface area contributed by atoms with Gasteiger partial charge in [0.1, 0.15) is 0 Å². The van der Waals surface area contributed by atoms with Crippen molar-refractivity contribution in [3.63, 3.8) is 0 Å². The molecule has 1 aromatic carbocycles. The first-order valence-corrected chi connectivity index (χ1v) is 7.16. The summed E-state index contributed by atoms with van der Waals surface area (Å²) in [6, 6.07) is 8.91.